The zero-order valence-electron chi connectivity index (χ0n) is 11.8. The van der Waals surface area contributed by atoms with E-state index < -0.39 is 0 Å². The third-order valence-electron chi connectivity index (χ3n) is 3.71. The summed E-state index contributed by atoms with van der Waals surface area (Å²) in [5.41, 5.74) is 8.35. The van der Waals surface area contributed by atoms with E-state index in [1.807, 2.05) is 0 Å². The molecule has 0 aliphatic carbocycles. The molecule has 1 aliphatic rings. The highest BCUT2D eigenvalue weighted by molar-refractivity contribution is 5.41. The first-order chi connectivity index (χ1) is 8.50. The lowest BCUT2D eigenvalue weighted by Crippen LogP contribution is -2.24. The Kier molecular flexibility index (Phi) is 3.96. The number of nitrogens with two attached hydrogens (primary N) is 1. The number of rotatable bonds is 5. The van der Waals surface area contributed by atoms with Gasteiger partial charge in [-0.1, -0.05) is 19.1 Å². The number of benzene rings is 1. The zero-order chi connectivity index (χ0) is 13.2. The summed E-state index contributed by atoms with van der Waals surface area (Å²) >= 11 is 0. The highest BCUT2D eigenvalue weighted by atomic mass is 16.5. The minimum absolute atomic E-state index is 0.0339. The Morgan fingerprint density at radius 2 is 2.11 bits per heavy atom. The van der Waals surface area contributed by atoms with Crippen molar-refractivity contribution in [3.05, 3.63) is 29.3 Å². The normalized spacial score (nSPS) is 18.2. The van der Waals surface area contributed by atoms with E-state index in [1.165, 1.54) is 17.5 Å². The summed E-state index contributed by atoms with van der Waals surface area (Å²) in [4.78, 5) is 0. The monoisotopic (exact) mass is 247 g/mol. The van der Waals surface area contributed by atoms with Crippen molar-refractivity contribution in [1.29, 1.82) is 0 Å². The van der Waals surface area contributed by atoms with Crippen LogP contribution >= 0.6 is 0 Å². The van der Waals surface area contributed by atoms with Crippen molar-refractivity contribution in [3.63, 3.8) is 0 Å². The highest BCUT2D eigenvalue weighted by Crippen LogP contribution is 2.35. The number of hydrogen-bond acceptors (Lipinski definition) is 2. The van der Waals surface area contributed by atoms with Gasteiger partial charge in [-0.2, -0.15) is 0 Å². The van der Waals surface area contributed by atoms with Crippen molar-refractivity contribution < 1.29 is 4.74 Å². The Balaban J connectivity index is 1.97. The molecule has 0 fully saturated rings. The van der Waals surface area contributed by atoms with Gasteiger partial charge in [0.2, 0.25) is 0 Å². The van der Waals surface area contributed by atoms with E-state index in [-0.39, 0.29) is 5.60 Å². The molecule has 0 aromatic heterocycles. The van der Waals surface area contributed by atoms with Gasteiger partial charge >= 0.3 is 0 Å². The second-order valence-corrected chi connectivity index (χ2v) is 6.20. The average molecular weight is 247 g/mol. The molecule has 0 radical (unpaired) electrons. The van der Waals surface area contributed by atoms with Crippen molar-refractivity contribution in [2.24, 2.45) is 11.7 Å². The largest absolute Gasteiger partial charge is 0.487 e. The SMILES string of the molecule is CC(CCN)CCc1ccc2c(c1)CC(C)(C)O2. The molecule has 0 amide bonds. The molecule has 1 unspecified atom stereocenters. The van der Waals surface area contributed by atoms with Crippen molar-refractivity contribution >= 4 is 0 Å². The smallest absolute Gasteiger partial charge is 0.123 e. The maximum atomic E-state index is 5.90. The molecule has 1 aromatic carbocycles. The van der Waals surface area contributed by atoms with Gasteiger partial charge in [0, 0.05) is 6.42 Å². The zero-order valence-corrected chi connectivity index (χ0v) is 11.8. The molecule has 100 valence electrons. The second-order valence-electron chi connectivity index (χ2n) is 6.20. The van der Waals surface area contributed by atoms with Crippen LogP contribution in [0.25, 0.3) is 0 Å². The molecule has 2 N–H and O–H groups in total. The predicted molar refractivity (Wildman–Crippen MR) is 76.0 cm³/mol. The van der Waals surface area contributed by atoms with E-state index >= 15 is 0 Å². The fourth-order valence-electron chi connectivity index (χ4n) is 2.66. The summed E-state index contributed by atoms with van der Waals surface area (Å²) in [6.45, 7) is 7.38. The number of fused-ring (bicyclic) bond motifs is 1. The molecule has 2 nitrogen and oxygen atoms in total. The first kappa shape index (κ1) is 13.4. The van der Waals surface area contributed by atoms with Crippen LogP contribution < -0.4 is 10.5 Å². The van der Waals surface area contributed by atoms with Crippen molar-refractivity contribution in [2.45, 2.75) is 52.1 Å². The molecule has 1 atom stereocenters. The maximum absolute atomic E-state index is 5.90. The lowest BCUT2D eigenvalue weighted by Gasteiger charge is -2.16. The summed E-state index contributed by atoms with van der Waals surface area (Å²) in [5.74, 6) is 1.79. The van der Waals surface area contributed by atoms with Gasteiger partial charge in [-0.3, -0.25) is 0 Å². The van der Waals surface area contributed by atoms with Gasteiger partial charge in [0.25, 0.3) is 0 Å². The summed E-state index contributed by atoms with van der Waals surface area (Å²) in [7, 11) is 0. The molecule has 2 rings (SSSR count). The van der Waals surface area contributed by atoms with Gasteiger partial charge in [-0.15, -0.1) is 0 Å². The van der Waals surface area contributed by atoms with Crippen molar-refractivity contribution in [3.8, 4) is 5.75 Å². The van der Waals surface area contributed by atoms with E-state index in [2.05, 4.69) is 39.0 Å². The first-order valence-corrected chi connectivity index (χ1v) is 7.01. The second kappa shape index (κ2) is 5.31. The maximum Gasteiger partial charge on any atom is 0.123 e. The van der Waals surface area contributed by atoms with Crippen LogP contribution in [0.2, 0.25) is 0 Å². The van der Waals surface area contributed by atoms with E-state index in [0.29, 0.717) is 0 Å². The lowest BCUT2D eigenvalue weighted by molar-refractivity contribution is 0.138. The van der Waals surface area contributed by atoms with Crippen LogP contribution in [0.3, 0.4) is 0 Å². The highest BCUT2D eigenvalue weighted by Gasteiger charge is 2.29. The molecule has 18 heavy (non-hydrogen) atoms. The van der Waals surface area contributed by atoms with Crippen LogP contribution in [0.1, 0.15) is 44.7 Å². The third kappa shape index (κ3) is 3.26. The lowest BCUT2D eigenvalue weighted by atomic mass is 9.95. The molecule has 1 heterocycles. The van der Waals surface area contributed by atoms with Gasteiger partial charge < -0.3 is 10.5 Å². The van der Waals surface area contributed by atoms with Crippen LogP contribution in [0.4, 0.5) is 0 Å². The Morgan fingerprint density at radius 3 is 2.83 bits per heavy atom. The first-order valence-electron chi connectivity index (χ1n) is 7.01. The van der Waals surface area contributed by atoms with Crippen LogP contribution in [0.15, 0.2) is 18.2 Å². The van der Waals surface area contributed by atoms with Crippen molar-refractivity contribution in [2.75, 3.05) is 6.54 Å². The molecule has 0 bridgehead atoms. The average Bonchev–Trinajstić information content (AvgIpc) is 2.59. The Morgan fingerprint density at radius 1 is 1.33 bits per heavy atom. The van der Waals surface area contributed by atoms with E-state index in [4.69, 9.17) is 10.5 Å². The molecule has 0 saturated carbocycles. The summed E-state index contributed by atoms with van der Waals surface area (Å²) in [6, 6.07) is 6.65. The third-order valence-corrected chi connectivity index (χ3v) is 3.71. The molecular weight excluding hydrogens is 222 g/mol. The minimum atomic E-state index is -0.0339. The molecule has 1 aromatic rings. The number of ether oxygens (including phenoxy) is 1. The van der Waals surface area contributed by atoms with Crippen LogP contribution in [0.5, 0.6) is 5.75 Å². The van der Waals surface area contributed by atoms with Crippen molar-refractivity contribution in [1.82, 2.24) is 0 Å². The molecule has 1 aliphatic heterocycles. The fourth-order valence-corrected chi connectivity index (χ4v) is 2.66. The summed E-state index contributed by atoms with van der Waals surface area (Å²) in [5, 5.41) is 0. The summed E-state index contributed by atoms with van der Waals surface area (Å²) < 4.78 is 5.90. The molecule has 0 spiro atoms. The topological polar surface area (TPSA) is 35.2 Å². The Hall–Kier alpha value is -1.02. The molecule has 2 heteroatoms. The van der Waals surface area contributed by atoms with E-state index in [1.54, 1.807) is 0 Å². The standard InChI is InChI=1S/C16H25NO/c1-12(8-9-17)4-5-13-6-7-15-14(10-13)11-16(2,3)18-15/h6-7,10,12H,4-5,8-9,11,17H2,1-3H3. The molecular formula is C16H25NO. The van der Waals surface area contributed by atoms with E-state index in [0.717, 1.165) is 37.5 Å². The van der Waals surface area contributed by atoms with Gasteiger partial charge in [0.15, 0.2) is 0 Å². The number of aryl methyl sites for hydroxylation is 1. The van der Waals surface area contributed by atoms with Crippen LogP contribution in [0, 0.1) is 5.92 Å². The summed E-state index contributed by atoms with van der Waals surface area (Å²) in [6.07, 6.45) is 4.52. The number of hydrogen-bond donors (Lipinski definition) is 1. The van der Waals surface area contributed by atoms with Crippen LogP contribution in [-0.4, -0.2) is 12.1 Å². The van der Waals surface area contributed by atoms with Gasteiger partial charge in [0.05, 0.1) is 0 Å². The Bertz CT molecular complexity index is 412. The quantitative estimate of drug-likeness (QED) is 0.866. The fraction of sp³-hybridized carbons (Fsp3) is 0.625. The molecule has 0 saturated heterocycles. The van der Waals surface area contributed by atoms with E-state index in [9.17, 15) is 0 Å². The predicted octanol–water partition coefficient (Wildman–Crippen LogP) is 3.32. The van der Waals surface area contributed by atoms with Gasteiger partial charge in [0.1, 0.15) is 11.4 Å². The van der Waals surface area contributed by atoms with Gasteiger partial charge in [-0.25, -0.2) is 0 Å². The van der Waals surface area contributed by atoms with Gasteiger partial charge in [-0.05, 0) is 62.8 Å². The Labute approximate surface area is 111 Å². The van der Waals surface area contributed by atoms with Crippen LogP contribution in [-0.2, 0) is 12.8 Å². The minimum Gasteiger partial charge on any atom is -0.487 e.